The zero-order valence-electron chi connectivity index (χ0n) is 17.8. The predicted molar refractivity (Wildman–Crippen MR) is 116 cm³/mol. The molecular formula is C24H28N2O3. The number of carbonyl (C=O) groups excluding carboxylic acids is 2. The van der Waals surface area contributed by atoms with Gasteiger partial charge in [0.25, 0.3) is 11.8 Å². The summed E-state index contributed by atoms with van der Waals surface area (Å²) in [5.41, 5.74) is 6.73. The largest absolute Gasteiger partial charge is 0.385 e. The van der Waals surface area contributed by atoms with Crippen LogP contribution in [0.5, 0.6) is 0 Å². The lowest BCUT2D eigenvalue weighted by atomic mass is 9.99. The van der Waals surface area contributed by atoms with Gasteiger partial charge in [0.1, 0.15) is 5.70 Å². The zero-order chi connectivity index (χ0) is 21.1. The number of benzene rings is 2. The summed E-state index contributed by atoms with van der Waals surface area (Å²) in [6.45, 7) is 8.88. The van der Waals surface area contributed by atoms with Gasteiger partial charge in [-0.15, -0.1) is 0 Å². The van der Waals surface area contributed by atoms with E-state index in [2.05, 4.69) is 11.4 Å². The van der Waals surface area contributed by atoms with Gasteiger partial charge < -0.3 is 10.1 Å². The Bertz CT molecular complexity index is 971. The molecule has 0 saturated heterocycles. The third-order valence-electron chi connectivity index (χ3n) is 5.18. The minimum atomic E-state index is -0.293. The van der Waals surface area contributed by atoms with Gasteiger partial charge in [0.2, 0.25) is 0 Å². The van der Waals surface area contributed by atoms with Gasteiger partial charge in [0.15, 0.2) is 0 Å². The maximum atomic E-state index is 13.2. The van der Waals surface area contributed by atoms with E-state index in [0.29, 0.717) is 30.8 Å². The second-order valence-corrected chi connectivity index (χ2v) is 7.66. The van der Waals surface area contributed by atoms with Crippen molar-refractivity contribution in [3.63, 3.8) is 0 Å². The van der Waals surface area contributed by atoms with Crippen LogP contribution >= 0.6 is 0 Å². The molecule has 0 saturated carbocycles. The molecule has 0 radical (unpaired) electrons. The third kappa shape index (κ3) is 4.40. The minimum Gasteiger partial charge on any atom is -0.385 e. The van der Waals surface area contributed by atoms with E-state index >= 15 is 0 Å². The standard InChI is InChI=1S/C24H28N2O3/c1-15-11-16(2)13-20(12-15)25-22-21(19-8-7-17(3)18(4)14-19)23(27)26(24(22)28)9-6-10-29-5/h7-8,11-14,25H,6,9-10H2,1-5H3. The highest BCUT2D eigenvalue weighted by Gasteiger charge is 2.39. The molecule has 3 rings (SSSR count). The number of anilines is 1. The van der Waals surface area contributed by atoms with Crippen molar-refractivity contribution in [3.05, 3.63) is 69.9 Å². The van der Waals surface area contributed by atoms with Gasteiger partial charge in [-0.25, -0.2) is 0 Å². The summed E-state index contributed by atoms with van der Waals surface area (Å²) in [6.07, 6.45) is 0.602. The monoisotopic (exact) mass is 392 g/mol. The SMILES string of the molecule is COCCCN1C(=O)C(Nc2cc(C)cc(C)c2)=C(c2ccc(C)c(C)c2)C1=O. The molecule has 2 aromatic carbocycles. The van der Waals surface area contributed by atoms with E-state index in [-0.39, 0.29) is 11.8 Å². The van der Waals surface area contributed by atoms with Crippen molar-refractivity contribution in [2.24, 2.45) is 0 Å². The van der Waals surface area contributed by atoms with Crippen LogP contribution in [-0.4, -0.2) is 37.0 Å². The van der Waals surface area contributed by atoms with Crippen LogP contribution in [0.25, 0.3) is 5.57 Å². The fourth-order valence-corrected chi connectivity index (χ4v) is 3.62. The molecule has 0 aromatic heterocycles. The van der Waals surface area contributed by atoms with Gasteiger partial charge >= 0.3 is 0 Å². The Hall–Kier alpha value is -2.92. The number of ether oxygens (including phenoxy) is 1. The topological polar surface area (TPSA) is 58.6 Å². The molecule has 0 atom stereocenters. The Morgan fingerprint density at radius 1 is 0.897 bits per heavy atom. The molecule has 29 heavy (non-hydrogen) atoms. The average Bonchev–Trinajstić information content (AvgIpc) is 2.88. The van der Waals surface area contributed by atoms with E-state index in [4.69, 9.17) is 4.74 Å². The average molecular weight is 392 g/mol. The van der Waals surface area contributed by atoms with Crippen LogP contribution in [0.3, 0.4) is 0 Å². The predicted octanol–water partition coefficient (Wildman–Crippen LogP) is 4.15. The lowest BCUT2D eigenvalue weighted by molar-refractivity contribution is -0.136. The first-order valence-corrected chi connectivity index (χ1v) is 9.84. The molecule has 0 aliphatic carbocycles. The summed E-state index contributed by atoms with van der Waals surface area (Å²) in [4.78, 5) is 27.7. The van der Waals surface area contributed by atoms with Crippen LogP contribution in [0.4, 0.5) is 5.69 Å². The number of carbonyl (C=O) groups is 2. The Balaban J connectivity index is 2.05. The molecule has 0 fully saturated rings. The number of nitrogens with one attached hydrogen (secondary N) is 1. The van der Waals surface area contributed by atoms with Gasteiger partial charge in [-0.3, -0.25) is 14.5 Å². The normalized spacial score (nSPS) is 14.2. The molecule has 1 N–H and O–H groups in total. The van der Waals surface area contributed by atoms with Gasteiger partial charge in [-0.1, -0.05) is 24.3 Å². The molecule has 152 valence electrons. The molecule has 2 amide bonds. The smallest absolute Gasteiger partial charge is 0.278 e. The van der Waals surface area contributed by atoms with Crippen LogP contribution < -0.4 is 5.32 Å². The first kappa shape index (κ1) is 20.8. The van der Waals surface area contributed by atoms with Gasteiger partial charge in [-0.2, -0.15) is 0 Å². The summed E-state index contributed by atoms with van der Waals surface area (Å²) >= 11 is 0. The highest BCUT2D eigenvalue weighted by atomic mass is 16.5. The van der Waals surface area contributed by atoms with Crippen molar-refractivity contribution in [2.75, 3.05) is 25.6 Å². The molecule has 1 heterocycles. The van der Waals surface area contributed by atoms with Gasteiger partial charge in [0.05, 0.1) is 5.57 Å². The third-order valence-corrected chi connectivity index (χ3v) is 5.18. The van der Waals surface area contributed by atoms with Crippen molar-refractivity contribution in [2.45, 2.75) is 34.1 Å². The zero-order valence-corrected chi connectivity index (χ0v) is 17.8. The summed E-state index contributed by atoms with van der Waals surface area (Å²) in [7, 11) is 1.61. The van der Waals surface area contributed by atoms with Gasteiger partial charge in [0, 0.05) is 25.9 Å². The van der Waals surface area contributed by atoms with Crippen molar-refractivity contribution in [3.8, 4) is 0 Å². The first-order valence-electron chi connectivity index (χ1n) is 9.84. The number of hydrogen-bond acceptors (Lipinski definition) is 4. The Morgan fingerprint density at radius 3 is 2.21 bits per heavy atom. The van der Waals surface area contributed by atoms with Crippen molar-refractivity contribution >= 4 is 23.1 Å². The minimum absolute atomic E-state index is 0.263. The Kier molecular flexibility index (Phi) is 6.18. The summed E-state index contributed by atoms with van der Waals surface area (Å²) in [6, 6.07) is 11.9. The lowest BCUT2D eigenvalue weighted by Crippen LogP contribution is -2.33. The van der Waals surface area contributed by atoms with E-state index < -0.39 is 0 Å². The molecule has 0 unspecified atom stereocenters. The van der Waals surface area contributed by atoms with Crippen molar-refractivity contribution < 1.29 is 14.3 Å². The van der Waals surface area contributed by atoms with E-state index in [1.807, 2.05) is 58.0 Å². The molecule has 5 heteroatoms. The Morgan fingerprint density at radius 2 is 1.59 bits per heavy atom. The van der Waals surface area contributed by atoms with Gasteiger partial charge in [-0.05, 0) is 74.1 Å². The number of rotatable bonds is 7. The molecule has 2 aromatic rings. The number of aryl methyl sites for hydroxylation is 4. The van der Waals surface area contributed by atoms with Crippen LogP contribution in [0.15, 0.2) is 42.1 Å². The maximum absolute atomic E-state index is 13.2. The van der Waals surface area contributed by atoms with E-state index in [1.165, 1.54) is 4.90 Å². The molecular weight excluding hydrogens is 364 g/mol. The van der Waals surface area contributed by atoms with Crippen LogP contribution in [0.2, 0.25) is 0 Å². The molecule has 0 bridgehead atoms. The molecule has 0 spiro atoms. The summed E-state index contributed by atoms with van der Waals surface area (Å²) in [5.74, 6) is -0.556. The molecule has 1 aliphatic rings. The quantitative estimate of drug-likeness (QED) is 0.568. The van der Waals surface area contributed by atoms with Crippen LogP contribution in [0.1, 0.15) is 34.2 Å². The highest BCUT2D eigenvalue weighted by molar-refractivity contribution is 6.36. The Labute approximate surface area is 172 Å². The second-order valence-electron chi connectivity index (χ2n) is 7.66. The van der Waals surface area contributed by atoms with Crippen molar-refractivity contribution in [1.82, 2.24) is 4.90 Å². The van der Waals surface area contributed by atoms with E-state index in [1.54, 1.807) is 7.11 Å². The molecule has 5 nitrogen and oxygen atoms in total. The van der Waals surface area contributed by atoms with E-state index in [9.17, 15) is 9.59 Å². The number of methoxy groups -OCH3 is 1. The fourth-order valence-electron chi connectivity index (χ4n) is 3.62. The number of nitrogens with zero attached hydrogens (tertiary/aromatic N) is 1. The second kappa shape index (κ2) is 8.62. The van der Waals surface area contributed by atoms with Crippen molar-refractivity contribution in [1.29, 1.82) is 0 Å². The number of imide groups is 1. The van der Waals surface area contributed by atoms with Crippen LogP contribution in [-0.2, 0) is 14.3 Å². The maximum Gasteiger partial charge on any atom is 0.278 e. The summed E-state index contributed by atoms with van der Waals surface area (Å²) < 4.78 is 5.08. The van der Waals surface area contributed by atoms with Crippen LogP contribution in [0, 0.1) is 27.7 Å². The summed E-state index contributed by atoms with van der Waals surface area (Å²) in [5, 5.41) is 3.24. The molecule has 1 aliphatic heterocycles. The number of amides is 2. The fraction of sp³-hybridized carbons (Fsp3) is 0.333. The number of hydrogen-bond donors (Lipinski definition) is 1. The van der Waals surface area contributed by atoms with E-state index in [0.717, 1.165) is 33.5 Å². The first-order chi connectivity index (χ1) is 13.8. The lowest BCUT2D eigenvalue weighted by Gasteiger charge is -2.15. The highest BCUT2D eigenvalue weighted by Crippen LogP contribution is 2.32.